The number of hydrogen-bond donors (Lipinski definition) is 0. The lowest BCUT2D eigenvalue weighted by Crippen LogP contribution is -2.30. The molecule has 8 aliphatic carbocycles. The van der Waals surface area contributed by atoms with Crippen molar-refractivity contribution >= 4 is 11.9 Å². The van der Waals surface area contributed by atoms with Crippen LogP contribution in [0.15, 0.2) is 61.2 Å². The Morgan fingerprint density at radius 3 is 0.878 bits per heavy atom. The number of esters is 2. The van der Waals surface area contributed by atoms with Crippen LogP contribution in [0.5, 0.6) is 11.5 Å². The summed E-state index contributed by atoms with van der Waals surface area (Å²) in [6.07, 6.45) is 57.7. The number of hydrogen-bond acceptors (Lipinski definition) is 4. The van der Waals surface area contributed by atoms with E-state index in [1.165, 1.54) is 249 Å². The molecule has 8 fully saturated rings. The molecule has 0 amide bonds. The van der Waals surface area contributed by atoms with Gasteiger partial charge in [0.2, 0.25) is 0 Å². The lowest BCUT2D eigenvalue weighted by atomic mass is 9.69. The first-order valence-electron chi connectivity index (χ1n) is 36.4. The summed E-state index contributed by atoms with van der Waals surface area (Å²) in [5.74, 6) is 14.5. The van der Waals surface area contributed by atoms with Crippen LogP contribution in [0.3, 0.4) is 0 Å². The molecule has 0 saturated heterocycles. The van der Waals surface area contributed by atoms with Gasteiger partial charge in [-0.25, -0.2) is 0 Å². The summed E-state index contributed by atoms with van der Waals surface area (Å²) in [5.41, 5.74) is 2.85. The van der Waals surface area contributed by atoms with E-state index in [2.05, 4.69) is 71.5 Å². The van der Waals surface area contributed by atoms with Crippen molar-refractivity contribution in [3.05, 3.63) is 72.3 Å². The van der Waals surface area contributed by atoms with Crippen LogP contribution in [0, 0.1) is 82.9 Å². The van der Waals surface area contributed by atoms with Crippen molar-refractivity contribution in [3.63, 3.8) is 0 Å². The Kier molecular flexibility index (Phi) is 27.8. The molecule has 0 bridgehead atoms. The summed E-state index contributed by atoms with van der Waals surface area (Å²) in [4.78, 5) is 25.6. The van der Waals surface area contributed by atoms with Gasteiger partial charge in [-0.15, -0.1) is 6.58 Å². The number of ether oxygens (including phenoxy) is 2. The second kappa shape index (κ2) is 35.1. The molecule has 10 rings (SSSR count). The summed E-state index contributed by atoms with van der Waals surface area (Å²) in [7, 11) is 0. The minimum absolute atomic E-state index is 0.00584. The van der Waals surface area contributed by atoms with Crippen molar-refractivity contribution in [2.75, 3.05) is 0 Å². The van der Waals surface area contributed by atoms with E-state index in [9.17, 15) is 9.59 Å². The third-order valence-electron chi connectivity index (χ3n) is 24.2. The molecule has 4 nitrogen and oxygen atoms in total. The zero-order chi connectivity index (χ0) is 57.5. The fraction of sp³-hybridized carbons (Fsp3) is 0.795. The minimum Gasteiger partial charge on any atom is -0.426 e. The highest BCUT2D eigenvalue weighted by atomic mass is 16.5. The van der Waals surface area contributed by atoms with Crippen LogP contribution in [0.2, 0.25) is 0 Å². The van der Waals surface area contributed by atoms with Gasteiger partial charge in [0, 0.05) is 0 Å². The van der Waals surface area contributed by atoms with Crippen molar-refractivity contribution in [1.29, 1.82) is 0 Å². The Morgan fingerprint density at radius 1 is 0.354 bits per heavy atom. The molecule has 2 aromatic carbocycles. The Hall–Kier alpha value is -2.88. The van der Waals surface area contributed by atoms with E-state index in [-0.39, 0.29) is 23.8 Å². The van der Waals surface area contributed by atoms with Crippen LogP contribution >= 0.6 is 0 Å². The van der Waals surface area contributed by atoms with Crippen molar-refractivity contribution in [1.82, 2.24) is 0 Å². The number of carbonyl (C=O) groups is 2. The molecule has 8 aliphatic rings. The second-order valence-corrected chi connectivity index (χ2v) is 29.5. The third kappa shape index (κ3) is 20.1. The predicted octanol–water partition coefficient (Wildman–Crippen LogP) is 23.4. The number of allylic oxidation sites excluding steroid dienone is 1. The van der Waals surface area contributed by atoms with Crippen LogP contribution in [0.1, 0.15) is 321 Å². The minimum atomic E-state index is 0.00584. The average molecular weight is 1130 g/mol. The van der Waals surface area contributed by atoms with E-state index in [0.717, 1.165) is 108 Å². The lowest BCUT2D eigenvalue weighted by Gasteiger charge is -2.37. The molecule has 8 saturated carbocycles. The fourth-order valence-corrected chi connectivity index (χ4v) is 18.7. The summed E-state index contributed by atoms with van der Waals surface area (Å²) in [6.45, 7) is 15.5. The number of benzene rings is 2. The SMILES string of the molecule is C=CC1CCC(C2CCC(CCC)CC2)CC1.CCCC1CCC(C2CCC(C(=O)Oc3ccc(C4CCC(CC)CC4)cc3)CC2)CC1.CCCC1CCC(c2ccc(OC(=O)C3CCC(C4CCC(CCC)CC4)CC3)cc2)CC1. The summed E-state index contributed by atoms with van der Waals surface area (Å²) >= 11 is 0. The average Bonchev–Trinajstić information content (AvgIpc) is 3.61. The molecule has 0 radical (unpaired) electrons. The molecule has 460 valence electrons. The first kappa shape index (κ1) is 65.1. The Labute approximate surface area is 504 Å². The lowest BCUT2D eigenvalue weighted by molar-refractivity contribution is -0.141. The second-order valence-electron chi connectivity index (χ2n) is 29.5. The maximum Gasteiger partial charge on any atom is 0.314 e. The molecule has 0 atom stereocenters. The monoisotopic (exact) mass is 1120 g/mol. The molecule has 82 heavy (non-hydrogen) atoms. The molecule has 0 N–H and O–H groups in total. The van der Waals surface area contributed by atoms with Gasteiger partial charge in [0.05, 0.1) is 11.8 Å². The van der Waals surface area contributed by atoms with Gasteiger partial charge in [-0.1, -0.05) is 161 Å². The van der Waals surface area contributed by atoms with Gasteiger partial charge in [-0.05, 0) is 285 Å². The van der Waals surface area contributed by atoms with Crippen molar-refractivity contribution < 1.29 is 19.1 Å². The Bertz CT molecular complexity index is 2040. The quantitative estimate of drug-likeness (QED) is 0.0799. The summed E-state index contributed by atoms with van der Waals surface area (Å²) in [6, 6.07) is 16.9. The topological polar surface area (TPSA) is 52.6 Å². The molecule has 4 heteroatoms. The zero-order valence-electron chi connectivity index (χ0n) is 53.8. The highest BCUT2D eigenvalue weighted by Gasteiger charge is 2.36. The van der Waals surface area contributed by atoms with Gasteiger partial charge in [-0.2, -0.15) is 0 Å². The third-order valence-corrected chi connectivity index (χ3v) is 24.2. The first-order valence-corrected chi connectivity index (χ1v) is 36.4. The summed E-state index contributed by atoms with van der Waals surface area (Å²) in [5, 5.41) is 0. The number of rotatable bonds is 19. The van der Waals surface area contributed by atoms with Crippen LogP contribution in [0.25, 0.3) is 0 Å². The van der Waals surface area contributed by atoms with Crippen LogP contribution in [0.4, 0.5) is 0 Å². The smallest absolute Gasteiger partial charge is 0.314 e. The molecule has 0 unspecified atom stereocenters. The zero-order valence-corrected chi connectivity index (χ0v) is 53.8. The fourth-order valence-electron chi connectivity index (χ4n) is 18.7. The van der Waals surface area contributed by atoms with Gasteiger partial charge >= 0.3 is 11.9 Å². The Morgan fingerprint density at radius 2 is 0.610 bits per heavy atom. The number of carbonyl (C=O) groups excluding carboxylic acids is 2. The van der Waals surface area contributed by atoms with Crippen molar-refractivity contribution in [2.45, 2.75) is 310 Å². The first-order chi connectivity index (χ1) is 40.1. The standard InChI is InChI=1S/C31H48O2.C30H46O2.C17H30/c1-3-5-23-7-11-25(12-8-23)27-15-17-29(18-16-27)31(32)33-30-21-19-28(20-22-30)26-13-9-24(6-4-2)10-14-26;1-3-5-23-8-12-25(13-9-23)26-14-16-28(17-15-26)30(31)32-29-20-18-27(19-21-29)24-10-6-22(4-2)7-11-24;1-3-5-15-8-12-17(13-9-15)16-10-6-14(4-2)7-11-16/h19-27,29H,3-18H2,1-2H3;18-26,28H,3-17H2,1-2H3;4,14-17H,2-3,5-13H2,1H3. The summed E-state index contributed by atoms with van der Waals surface area (Å²) < 4.78 is 11.6. The van der Waals surface area contributed by atoms with Gasteiger partial charge in [0.15, 0.2) is 0 Å². The molecular formula is C78H124O4. The predicted molar refractivity (Wildman–Crippen MR) is 346 cm³/mol. The van der Waals surface area contributed by atoms with E-state index in [4.69, 9.17) is 9.47 Å². The van der Waals surface area contributed by atoms with Crippen molar-refractivity contribution in [3.8, 4) is 11.5 Å². The van der Waals surface area contributed by atoms with Crippen LogP contribution < -0.4 is 9.47 Å². The van der Waals surface area contributed by atoms with Crippen LogP contribution in [-0.2, 0) is 9.59 Å². The normalized spacial score (nSPS) is 34.4. The highest BCUT2D eigenvalue weighted by molar-refractivity contribution is 5.75. The van der Waals surface area contributed by atoms with E-state index < -0.39 is 0 Å². The maximum absolute atomic E-state index is 12.8. The Balaban J connectivity index is 0.000000169. The van der Waals surface area contributed by atoms with E-state index in [1.807, 2.05) is 24.3 Å². The molecule has 2 aromatic rings. The molecule has 0 heterocycles. The molecule has 0 spiro atoms. The van der Waals surface area contributed by atoms with E-state index in [1.54, 1.807) is 0 Å². The van der Waals surface area contributed by atoms with Crippen molar-refractivity contribution in [2.24, 2.45) is 82.9 Å². The van der Waals surface area contributed by atoms with E-state index in [0.29, 0.717) is 11.8 Å². The van der Waals surface area contributed by atoms with Crippen LogP contribution in [-0.4, -0.2) is 11.9 Å². The van der Waals surface area contributed by atoms with Gasteiger partial charge in [0.25, 0.3) is 0 Å². The molecular weight excluding hydrogens is 1000 g/mol. The highest BCUT2D eigenvalue weighted by Crippen LogP contribution is 2.46. The van der Waals surface area contributed by atoms with E-state index >= 15 is 0 Å². The maximum atomic E-state index is 12.8. The van der Waals surface area contributed by atoms with Gasteiger partial charge in [-0.3, -0.25) is 9.59 Å². The molecule has 0 aromatic heterocycles. The van der Waals surface area contributed by atoms with Gasteiger partial charge in [0.1, 0.15) is 11.5 Å². The van der Waals surface area contributed by atoms with Gasteiger partial charge < -0.3 is 9.47 Å². The molecule has 0 aliphatic heterocycles. The largest absolute Gasteiger partial charge is 0.426 e.